The first-order valence-corrected chi connectivity index (χ1v) is 17.7. The Kier molecular flexibility index (Phi) is 7.72. The van der Waals surface area contributed by atoms with E-state index in [-0.39, 0.29) is 35.4 Å². The van der Waals surface area contributed by atoms with Gasteiger partial charge in [0.2, 0.25) is 21.0 Å². The van der Waals surface area contributed by atoms with Crippen molar-refractivity contribution < 1.29 is 50.3 Å². The highest BCUT2D eigenvalue weighted by Gasteiger charge is 2.54. The van der Waals surface area contributed by atoms with Gasteiger partial charge in [-0.05, 0) is 6.07 Å². The number of aromatic nitrogens is 7. The predicted octanol–water partition coefficient (Wildman–Crippen LogP) is 1.29. The summed E-state index contributed by atoms with van der Waals surface area (Å²) in [5.41, 5.74) is 0.455. The molecule has 0 aliphatic carbocycles. The number of nitrogens with one attached hydrogen (secondary N) is 2. The lowest BCUT2D eigenvalue weighted by Crippen LogP contribution is -2.37. The fourth-order valence-electron chi connectivity index (χ4n) is 6.20. The molecule has 18 nitrogen and oxygen atoms in total. The largest absolute Gasteiger partial charge is 0.346 e. The maximum atomic E-state index is 16.3. The van der Waals surface area contributed by atoms with Crippen LogP contribution in [0.4, 0.5) is 14.5 Å². The van der Waals surface area contributed by atoms with Crippen molar-refractivity contribution in [1.82, 2.24) is 34.5 Å². The van der Waals surface area contributed by atoms with Crippen LogP contribution in [0.1, 0.15) is 24.6 Å². The number of nitrogens with zero attached hydrogens (tertiary/aromatic N) is 6. The summed E-state index contributed by atoms with van der Waals surface area (Å²) in [7, 11) is 2.42. The van der Waals surface area contributed by atoms with Crippen molar-refractivity contribution in [2.75, 3.05) is 18.5 Å². The Balaban J connectivity index is 1.08. The van der Waals surface area contributed by atoms with E-state index in [1.165, 1.54) is 12.4 Å². The quantitative estimate of drug-likeness (QED) is 0.223. The van der Waals surface area contributed by atoms with Crippen LogP contribution >= 0.6 is 14.9 Å². The molecule has 248 valence electrons. The van der Waals surface area contributed by atoms with Gasteiger partial charge in [-0.3, -0.25) is 23.3 Å². The van der Waals surface area contributed by atoms with Crippen molar-refractivity contribution in [2.45, 2.75) is 62.1 Å². The van der Waals surface area contributed by atoms with Crippen LogP contribution in [0.3, 0.4) is 0 Å². The Bertz CT molecular complexity index is 2100. The minimum Gasteiger partial charge on any atom is -0.346 e. The summed E-state index contributed by atoms with van der Waals surface area (Å²) in [5.74, 6) is -0.226. The number of hydrogen-bond acceptors (Lipinski definition) is 14. The Labute approximate surface area is 269 Å². The molecular weight excluding hydrogens is 682 g/mol. The van der Waals surface area contributed by atoms with Crippen LogP contribution in [0.25, 0.3) is 22.1 Å². The van der Waals surface area contributed by atoms with Crippen molar-refractivity contribution in [3.63, 3.8) is 0 Å². The van der Waals surface area contributed by atoms with Crippen LogP contribution in [0, 0.1) is 0 Å². The maximum Gasteiger partial charge on any atom is 0.292 e. The fraction of sp³-hybridized carbons (Fsp3) is 0.500. The van der Waals surface area contributed by atoms with Gasteiger partial charge in [-0.15, -0.1) is 0 Å². The first kappa shape index (κ1) is 31.9. The van der Waals surface area contributed by atoms with Crippen molar-refractivity contribution in [3.8, 4) is 0 Å². The molecule has 3 fully saturated rings. The zero-order valence-electron chi connectivity index (χ0n) is 24.3. The van der Waals surface area contributed by atoms with Crippen LogP contribution < -0.4 is 10.9 Å². The third-order valence-electron chi connectivity index (χ3n) is 8.35. The normalized spacial score (nSPS) is 37.3. The van der Waals surface area contributed by atoms with Gasteiger partial charge in [-0.2, -0.15) is 10.2 Å². The SMILES string of the molecule is [B]P1(=O)OC[C@H]2O[C@@H](n3cnc4c(=O)[nH]ncc43)C(F)[C@H]2OP([B])(=O)OC[C@H]2O[C@@H](n3nc4c5c(ccnc53)NC(=O)CC4)[C@@H](F)C2O1. The lowest BCUT2D eigenvalue weighted by molar-refractivity contribution is -0.116. The number of imidazole rings is 1. The summed E-state index contributed by atoms with van der Waals surface area (Å²) in [5, 5.41) is 13.6. The summed E-state index contributed by atoms with van der Waals surface area (Å²) in [4.78, 5) is 32.5. The molecule has 4 aliphatic heterocycles. The minimum atomic E-state index is -4.65. The second kappa shape index (κ2) is 11.6. The molecule has 4 aliphatic rings. The molecule has 4 aromatic rings. The summed E-state index contributed by atoms with van der Waals surface area (Å²) >= 11 is 0. The van der Waals surface area contributed by atoms with Gasteiger partial charge in [0.1, 0.15) is 24.4 Å². The van der Waals surface area contributed by atoms with Crippen LogP contribution in [-0.4, -0.2) is 106 Å². The van der Waals surface area contributed by atoms with Gasteiger partial charge in [-0.1, -0.05) is 0 Å². The Morgan fingerprint density at radius 3 is 2.31 bits per heavy atom. The van der Waals surface area contributed by atoms with E-state index in [1.807, 2.05) is 0 Å². The van der Waals surface area contributed by atoms with Gasteiger partial charge in [0.15, 0.2) is 36.0 Å². The first-order chi connectivity index (χ1) is 22.9. The monoisotopic (exact) mass is 704 g/mol. The number of aryl methyl sites for hydroxylation is 1. The van der Waals surface area contributed by atoms with Crippen LogP contribution in [0.15, 0.2) is 29.6 Å². The predicted molar refractivity (Wildman–Crippen MR) is 159 cm³/mol. The molecule has 8 rings (SSSR count). The lowest BCUT2D eigenvalue weighted by Gasteiger charge is -2.29. The molecule has 0 aromatic carbocycles. The Hall–Kier alpha value is -3.35. The number of anilines is 1. The van der Waals surface area contributed by atoms with E-state index in [1.54, 1.807) is 6.07 Å². The molecule has 4 radical (unpaired) electrons. The van der Waals surface area contributed by atoms with Gasteiger partial charge >= 0.3 is 0 Å². The van der Waals surface area contributed by atoms with E-state index in [4.69, 9.17) is 42.7 Å². The highest BCUT2D eigenvalue weighted by atomic mass is 31.2. The standard InChI is InChI=1S/C24H22B2F2N8O10P2/c25-47(39)42-7-13-20(17(28)24(44-13)36-21-15-9(3-4-29-21)32-14(37)2-1-10(15)34-36)46-48(26,40)41-6-12-19(45-47)16(27)23(43-12)35-8-30-18-11(35)5-31-33-22(18)38/h3-5,8,12-13,16-17,19-20,23-24H,1-2,6-7H2,(H,32,37)(H,33,38)/t12-,13-,16?,17+,19+,20?,23-,24-,47?,48?/m1/s1. The highest BCUT2D eigenvalue weighted by molar-refractivity contribution is 7.79. The van der Waals surface area contributed by atoms with Crippen LogP contribution in [-0.2, 0) is 47.9 Å². The lowest BCUT2D eigenvalue weighted by atomic mass is 10.1. The van der Waals surface area contributed by atoms with Crippen molar-refractivity contribution in [3.05, 3.63) is 40.8 Å². The van der Waals surface area contributed by atoms with Crippen LogP contribution in [0.5, 0.6) is 0 Å². The number of H-pyrrole nitrogens is 1. The number of carbonyl (C=O) groups excluding carboxylic acids is 1. The average molecular weight is 704 g/mol. The molecule has 0 spiro atoms. The summed E-state index contributed by atoms with van der Waals surface area (Å²) in [6.07, 6.45) is -9.64. The third-order valence-corrected chi connectivity index (χ3v) is 10.4. The van der Waals surface area contributed by atoms with E-state index in [9.17, 15) is 18.7 Å². The van der Waals surface area contributed by atoms with Gasteiger partial charge in [-0.25, -0.2) is 28.5 Å². The van der Waals surface area contributed by atoms with Gasteiger partial charge in [0.25, 0.3) is 20.5 Å². The number of fused-ring (bicyclic) bond motifs is 3. The smallest absolute Gasteiger partial charge is 0.292 e. The van der Waals surface area contributed by atoms with Crippen LogP contribution in [0.2, 0.25) is 0 Å². The first-order valence-electron chi connectivity index (χ1n) is 14.5. The molecule has 4 unspecified atom stereocenters. The van der Waals surface area contributed by atoms with E-state index < -0.39 is 82.9 Å². The number of rotatable bonds is 2. The van der Waals surface area contributed by atoms with Crippen molar-refractivity contribution in [1.29, 1.82) is 0 Å². The number of alkyl halides is 2. The van der Waals surface area contributed by atoms with E-state index >= 15 is 8.78 Å². The van der Waals surface area contributed by atoms with Crippen molar-refractivity contribution in [2.24, 2.45) is 0 Å². The van der Waals surface area contributed by atoms with E-state index in [0.717, 1.165) is 15.6 Å². The zero-order chi connectivity index (χ0) is 33.5. The van der Waals surface area contributed by atoms with E-state index in [0.29, 0.717) is 16.8 Å². The molecule has 3 saturated heterocycles. The minimum absolute atomic E-state index is 0.0623. The summed E-state index contributed by atoms with van der Waals surface area (Å²) in [6.45, 7) is -1.51. The number of carbonyl (C=O) groups is 1. The molecule has 2 N–H and O–H groups in total. The fourth-order valence-corrected chi connectivity index (χ4v) is 8.22. The van der Waals surface area contributed by atoms with Gasteiger partial charge in [0, 0.05) is 19.0 Å². The Morgan fingerprint density at radius 1 is 0.938 bits per heavy atom. The second-order valence-corrected chi connectivity index (χ2v) is 14.5. The number of halogens is 2. The molecular formula is C24H22B2F2N8O10P2. The molecule has 8 heterocycles. The average Bonchev–Trinajstić information content (AvgIpc) is 3.75. The van der Waals surface area contributed by atoms with E-state index in [2.05, 4.69) is 30.6 Å². The topological polar surface area (TPSA) is 213 Å². The number of ether oxygens (including phenoxy) is 2. The molecule has 4 aromatic heterocycles. The molecule has 24 heteroatoms. The summed E-state index contributed by atoms with van der Waals surface area (Å²) in [6, 6.07) is 1.58. The third kappa shape index (κ3) is 5.44. The Morgan fingerprint density at radius 2 is 1.60 bits per heavy atom. The number of aromatic amines is 1. The highest BCUT2D eigenvalue weighted by Crippen LogP contribution is 2.54. The zero-order valence-corrected chi connectivity index (χ0v) is 26.1. The molecule has 0 saturated carbocycles. The van der Waals surface area contributed by atoms with Gasteiger partial charge in [0.05, 0.1) is 48.0 Å². The number of amides is 1. The molecule has 48 heavy (non-hydrogen) atoms. The molecule has 0 bridgehead atoms. The van der Waals surface area contributed by atoms with Gasteiger partial charge < -0.3 is 32.9 Å². The molecule has 1 amide bonds. The maximum absolute atomic E-state index is 16.3. The summed E-state index contributed by atoms with van der Waals surface area (Å²) < 4.78 is 94.5. The second-order valence-electron chi connectivity index (χ2n) is 11.4. The van der Waals surface area contributed by atoms with Crippen molar-refractivity contribution >= 4 is 63.7 Å². The number of pyridine rings is 1. The number of hydrogen-bond donors (Lipinski definition) is 2. The molecule has 10 atom stereocenters.